The molecule has 0 unspecified atom stereocenters. The lowest BCUT2D eigenvalue weighted by molar-refractivity contribution is 0.168. The van der Waals surface area contributed by atoms with Crippen LogP contribution >= 0.6 is 0 Å². The first-order valence-electron chi connectivity index (χ1n) is 7.81. The molecular weight excluding hydrogens is 236 g/mol. The van der Waals surface area contributed by atoms with Crippen LogP contribution in [0, 0.1) is 5.92 Å². The molecule has 1 N–H and O–H groups in total. The zero-order valence-corrected chi connectivity index (χ0v) is 12.5. The highest BCUT2D eigenvalue weighted by Gasteiger charge is 2.21. The van der Waals surface area contributed by atoms with Crippen LogP contribution in [-0.4, -0.2) is 24.5 Å². The molecule has 0 spiro atoms. The molecule has 1 heterocycles. The van der Waals surface area contributed by atoms with Gasteiger partial charge in [0, 0.05) is 18.7 Å². The minimum Gasteiger partial charge on any atom is -0.468 e. The Kier molecular flexibility index (Phi) is 5.93. The first kappa shape index (κ1) is 14.6. The summed E-state index contributed by atoms with van der Waals surface area (Å²) in [5.41, 5.74) is 1.32. The molecule has 1 saturated carbocycles. The number of rotatable bonds is 9. The molecule has 108 valence electrons. The van der Waals surface area contributed by atoms with E-state index in [4.69, 9.17) is 4.42 Å². The molecular formula is C16H28N2O. The molecule has 0 amide bonds. The third-order valence-electron chi connectivity index (χ3n) is 4.14. The fourth-order valence-corrected chi connectivity index (χ4v) is 2.61. The third-order valence-corrected chi connectivity index (χ3v) is 4.14. The first-order valence-corrected chi connectivity index (χ1v) is 7.81. The lowest BCUT2D eigenvalue weighted by atomic mass is 9.85. The van der Waals surface area contributed by atoms with E-state index in [1.807, 2.05) is 6.26 Å². The number of furan rings is 1. The average Bonchev–Trinajstić information content (AvgIpc) is 2.80. The molecule has 0 saturated heterocycles. The van der Waals surface area contributed by atoms with E-state index in [0.29, 0.717) is 0 Å². The summed E-state index contributed by atoms with van der Waals surface area (Å²) in [6.45, 7) is 9.75. The maximum Gasteiger partial charge on any atom is 0.122 e. The van der Waals surface area contributed by atoms with Gasteiger partial charge in [0.2, 0.25) is 0 Å². The fraction of sp³-hybridized carbons (Fsp3) is 0.750. The standard InChI is InChI=1S/C16H28N2O/c1-3-9-17-11-15-8-10-19-16(15)13-18(4-2)12-14-6-5-7-14/h8,10,14,17H,3-7,9,11-13H2,1-2H3. The summed E-state index contributed by atoms with van der Waals surface area (Å²) in [6, 6.07) is 2.11. The van der Waals surface area contributed by atoms with E-state index < -0.39 is 0 Å². The van der Waals surface area contributed by atoms with Gasteiger partial charge < -0.3 is 9.73 Å². The van der Waals surface area contributed by atoms with Gasteiger partial charge in [0.15, 0.2) is 0 Å². The maximum atomic E-state index is 5.68. The Morgan fingerprint density at radius 3 is 2.84 bits per heavy atom. The van der Waals surface area contributed by atoms with Crippen molar-refractivity contribution < 1.29 is 4.42 Å². The van der Waals surface area contributed by atoms with Gasteiger partial charge >= 0.3 is 0 Å². The van der Waals surface area contributed by atoms with E-state index in [1.165, 1.54) is 37.8 Å². The summed E-state index contributed by atoms with van der Waals surface area (Å²) in [5, 5.41) is 3.45. The minimum absolute atomic E-state index is 0.927. The highest BCUT2D eigenvalue weighted by Crippen LogP contribution is 2.27. The molecule has 1 aliphatic rings. The minimum atomic E-state index is 0.927. The van der Waals surface area contributed by atoms with Crippen LogP contribution in [0.3, 0.4) is 0 Å². The van der Waals surface area contributed by atoms with Crippen LogP contribution in [0.2, 0.25) is 0 Å². The molecule has 0 aliphatic heterocycles. The van der Waals surface area contributed by atoms with Gasteiger partial charge in [-0.15, -0.1) is 0 Å². The quantitative estimate of drug-likeness (QED) is 0.693. The van der Waals surface area contributed by atoms with E-state index in [-0.39, 0.29) is 0 Å². The van der Waals surface area contributed by atoms with Gasteiger partial charge in [-0.1, -0.05) is 20.3 Å². The van der Waals surface area contributed by atoms with Crippen molar-refractivity contribution >= 4 is 0 Å². The first-order chi connectivity index (χ1) is 9.33. The van der Waals surface area contributed by atoms with E-state index in [2.05, 4.69) is 30.1 Å². The van der Waals surface area contributed by atoms with Crippen molar-refractivity contribution in [1.29, 1.82) is 0 Å². The summed E-state index contributed by atoms with van der Waals surface area (Å²) >= 11 is 0. The molecule has 1 aliphatic carbocycles. The van der Waals surface area contributed by atoms with Crippen molar-refractivity contribution in [3.8, 4) is 0 Å². The van der Waals surface area contributed by atoms with Gasteiger partial charge in [-0.2, -0.15) is 0 Å². The van der Waals surface area contributed by atoms with Crippen LogP contribution in [-0.2, 0) is 13.1 Å². The van der Waals surface area contributed by atoms with Crippen molar-refractivity contribution in [2.75, 3.05) is 19.6 Å². The molecule has 3 nitrogen and oxygen atoms in total. The monoisotopic (exact) mass is 264 g/mol. The number of hydrogen-bond acceptors (Lipinski definition) is 3. The molecule has 1 aromatic heterocycles. The molecule has 2 rings (SSSR count). The Labute approximate surface area is 117 Å². The molecule has 0 radical (unpaired) electrons. The molecule has 0 aromatic carbocycles. The van der Waals surface area contributed by atoms with Gasteiger partial charge in [-0.05, 0) is 44.3 Å². The Morgan fingerprint density at radius 2 is 2.21 bits per heavy atom. The van der Waals surface area contributed by atoms with Crippen LogP contribution in [0.4, 0.5) is 0 Å². The van der Waals surface area contributed by atoms with Crippen LogP contribution in [0.25, 0.3) is 0 Å². The summed E-state index contributed by atoms with van der Waals surface area (Å²) < 4.78 is 5.68. The number of nitrogens with one attached hydrogen (secondary N) is 1. The molecule has 1 fully saturated rings. The van der Waals surface area contributed by atoms with E-state index in [0.717, 1.165) is 37.9 Å². The van der Waals surface area contributed by atoms with Gasteiger partial charge in [-0.25, -0.2) is 0 Å². The lowest BCUT2D eigenvalue weighted by Crippen LogP contribution is -2.32. The number of hydrogen-bond donors (Lipinski definition) is 1. The predicted molar refractivity (Wildman–Crippen MR) is 79.0 cm³/mol. The Morgan fingerprint density at radius 1 is 1.37 bits per heavy atom. The molecule has 19 heavy (non-hydrogen) atoms. The lowest BCUT2D eigenvalue weighted by Gasteiger charge is -2.31. The average molecular weight is 264 g/mol. The molecule has 1 aromatic rings. The second-order valence-corrected chi connectivity index (χ2v) is 5.67. The highest BCUT2D eigenvalue weighted by atomic mass is 16.3. The van der Waals surface area contributed by atoms with E-state index in [9.17, 15) is 0 Å². The fourth-order valence-electron chi connectivity index (χ4n) is 2.61. The molecule has 0 atom stereocenters. The Balaban J connectivity index is 1.83. The van der Waals surface area contributed by atoms with Crippen molar-refractivity contribution in [2.45, 2.75) is 52.6 Å². The van der Waals surface area contributed by atoms with Crippen molar-refractivity contribution in [2.24, 2.45) is 5.92 Å². The Bertz CT molecular complexity index is 357. The van der Waals surface area contributed by atoms with Gasteiger partial charge in [0.05, 0.1) is 12.8 Å². The second kappa shape index (κ2) is 7.71. The summed E-state index contributed by atoms with van der Waals surface area (Å²) in [6.07, 6.45) is 7.26. The predicted octanol–water partition coefficient (Wildman–Crippen LogP) is 3.40. The van der Waals surface area contributed by atoms with Crippen LogP contribution in [0.15, 0.2) is 16.7 Å². The summed E-state index contributed by atoms with van der Waals surface area (Å²) in [5.74, 6) is 2.07. The Hall–Kier alpha value is -0.800. The van der Waals surface area contributed by atoms with Crippen molar-refractivity contribution in [1.82, 2.24) is 10.2 Å². The van der Waals surface area contributed by atoms with Crippen LogP contribution in [0.1, 0.15) is 50.9 Å². The van der Waals surface area contributed by atoms with Crippen LogP contribution < -0.4 is 5.32 Å². The van der Waals surface area contributed by atoms with E-state index in [1.54, 1.807) is 0 Å². The zero-order chi connectivity index (χ0) is 13.5. The van der Waals surface area contributed by atoms with Crippen LogP contribution in [0.5, 0.6) is 0 Å². The second-order valence-electron chi connectivity index (χ2n) is 5.67. The highest BCUT2D eigenvalue weighted by molar-refractivity contribution is 5.16. The summed E-state index contributed by atoms with van der Waals surface area (Å²) in [7, 11) is 0. The van der Waals surface area contributed by atoms with Crippen molar-refractivity contribution in [3.05, 3.63) is 23.7 Å². The summed E-state index contributed by atoms with van der Waals surface area (Å²) in [4.78, 5) is 2.52. The third kappa shape index (κ3) is 4.36. The number of nitrogens with zero attached hydrogens (tertiary/aromatic N) is 1. The zero-order valence-electron chi connectivity index (χ0n) is 12.5. The molecule has 3 heteroatoms. The molecule has 0 bridgehead atoms. The largest absolute Gasteiger partial charge is 0.468 e. The van der Waals surface area contributed by atoms with E-state index >= 15 is 0 Å². The maximum absolute atomic E-state index is 5.68. The van der Waals surface area contributed by atoms with Gasteiger partial charge in [-0.3, -0.25) is 4.90 Å². The van der Waals surface area contributed by atoms with Gasteiger partial charge in [0.1, 0.15) is 5.76 Å². The van der Waals surface area contributed by atoms with Crippen molar-refractivity contribution in [3.63, 3.8) is 0 Å². The van der Waals surface area contributed by atoms with Gasteiger partial charge in [0.25, 0.3) is 0 Å². The topological polar surface area (TPSA) is 28.4 Å². The normalized spacial score (nSPS) is 15.9. The SMILES string of the molecule is CCCNCc1ccoc1CN(CC)CC1CCC1. The smallest absolute Gasteiger partial charge is 0.122 e.